The Hall–Kier alpha value is -1.29. The fraction of sp³-hybridized carbons (Fsp3) is 0.400. The van der Waals surface area contributed by atoms with Crippen molar-refractivity contribution in [3.05, 3.63) is 34.4 Å². The van der Waals surface area contributed by atoms with Crippen LogP contribution in [0.1, 0.15) is 31.2 Å². The minimum atomic E-state index is 1.09. The van der Waals surface area contributed by atoms with Crippen molar-refractivity contribution < 1.29 is 0 Å². The first-order valence-electron chi connectivity index (χ1n) is 6.88. The quantitative estimate of drug-likeness (QED) is 0.829. The van der Waals surface area contributed by atoms with Crippen molar-refractivity contribution in [2.24, 2.45) is 5.10 Å². The number of fused-ring (bicyclic) bond motifs is 1. The molecule has 3 rings (SSSR count). The zero-order chi connectivity index (χ0) is 13.1. The van der Waals surface area contributed by atoms with Crippen molar-refractivity contribution in [2.75, 3.05) is 13.1 Å². The van der Waals surface area contributed by atoms with Gasteiger partial charge in [-0.25, -0.2) is 0 Å². The highest BCUT2D eigenvalue weighted by Crippen LogP contribution is 2.21. The lowest BCUT2D eigenvalue weighted by Gasteiger charge is -2.15. The number of rotatable bonds is 2. The van der Waals surface area contributed by atoms with Gasteiger partial charge in [-0.3, -0.25) is 5.01 Å². The molecule has 2 heterocycles. The van der Waals surface area contributed by atoms with Crippen molar-refractivity contribution in [1.82, 2.24) is 9.99 Å². The zero-order valence-corrected chi connectivity index (χ0v) is 12.5. The lowest BCUT2D eigenvalue weighted by atomic mass is 10.2. The number of halogens is 1. The summed E-state index contributed by atoms with van der Waals surface area (Å²) in [5.74, 6) is 0. The highest BCUT2D eigenvalue weighted by atomic mass is 79.9. The molecular weight excluding hydrogens is 302 g/mol. The summed E-state index contributed by atoms with van der Waals surface area (Å²) in [6.45, 7) is 2.17. The van der Waals surface area contributed by atoms with Crippen molar-refractivity contribution in [2.45, 2.75) is 25.7 Å². The number of aromatic nitrogens is 1. The van der Waals surface area contributed by atoms with Crippen LogP contribution < -0.4 is 0 Å². The van der Waals surface area contributed by atoms with Crippen LogP contribution in [0.25, 0.3) is 10.9 Å². The van der Waals surface area contributed by atoms with Crippen molar-refractivity contribution in [1.29, 1.82) is 0 Å². The second-order valence-electron chi connectivity index (χ2n) is 5.05. The number of aromatic amines is 1. The molecule has 4 heteroatoms. The van der Waals surface area contributed by atoms with E-state index in [1.54, 1.807) is 0 Å². The molecule has 0 amide bonds. The molecule has 0 unspecified atom stereocenters. The van der Waals surface area contributed by atoms with Crippen molar-refractivity contribution >= 4 is 33.0 Å². The first kappa shape index (κ1) is 12.7. The van der Waals surface area contributed by atoms with Crippen LogP contribution in [-0.2, 0) is 0 Å². The third-order valence-electron chi connectivity index (χ3n) is 3.62. The molecule has 0 atom stereocenters. The molecule has 0 saturated carbocycles. The fourth-order valence-electron chi connectivity index (χ4n) is 2.53. The summed E-state index contributed by atoms with van der Waals surface area (Å²) in [5, 5.41) is 8.05. The Balaban J connectivity index is 1.82. The molecule has 1 aliphatic rings. The average molecular weight is 320 g/mol. The molecule has 100 valence electrons. The monoisotopic (exact) mass is 319 g/mol. The summed E-state index contributed by atoms with van der Waals surface area (Å²) in [7, 11) is 0. The Morgan fingerprint density at radius 2 is 1.95 bits per heavy atom. The van der Waals surface area contributed by atoms with E-state index in [0.717, 1.165) is 28.6 Å². The third kappa shape index (κ3) is 3.00. The van der Waals surface area contributed by atoms with E-state index in [2.05, 4.69) is 49.2 Å². The van der Waals surface area contributed by atoms with Gasteiger partial charge >= 0.3 is 0 Å². The standard InChI is InChI=1S/C15H18BrN3/c16-13-5-6-15-14(9-13)12(10-17-15)11-18-19-7-3-1-2-4-8-19/h5-6,9-11,17H,1-4,7-8H2/b18-11+. The Morgan fingerprint density at radius 3 is 2.74 bits per heavy atom. The summed E-state index contributed by atoms with van der Waals surface area (Å²) in [4.78, 5) is 3.28. The van der Waals surface area contributed by atoms with E-state index in [4.69, 9.17) is 0 Å². The number of hydrazone groups is 1. The second kappa shape index (κ2) is 5.78. The lowest BCUT2D eigenvalue weighted by Crippen LogP contribution is -2.18. The first-order chi connectivity index (χ1) is 9.33. The highest BCUT2D eigenvalue weighted by Gasteiger charge is 2.06. The first-order valence-corrected chi connectivity index (χ1v) is 7.68. The van der Waals surface area contributed by atoms with Gasteiger partial charge < -0.3 is 4.98 Å². The van der Waals surface area contributed by atoms with Gasteiger partial charge in [0.15, 0.2) is 0 Å². The maximum Gasteiger partial charge on any atom is 0.0564 e. The predicted molar refractivity (Wildman–Crippen MR) is 83.6 cm³/mol. The van der Waals surface area contributed by atoms with Crippen LogP contribution in [0.4, 0.5) is 0 Å². The third-order valence-corrected chi connectivity index (χ3v) is 4.11. The zero-order valence-electron chi connectivity index (χ0n) is 10.9. The van der Waals surface area contributed by atoms with Crippen LogP contribution in [0.5, 0.6) is 0 Å². The average Bonchev–Trinajstić information content (AvgIpc) is 2.63. The molecule has 2 aromatic rings. The lowest BCUT2D eigenvalue weighted by molar-refractivity contribution is 0.302. The number of nitrogens with one attached hydrogen (secondary N) is 1. The smallest absolute Gasteiger partial charge is 0.0564 e. The molecule has 19 heavy (non-hydrogen) atoms. The normalized spacial score (nSPS) is 17.2. The molecule has 3 nitrogen and oxygen atoms in total. The molecule has 1 N–H and O–H groups in total. The van der Waals surface area contributed by atoms with E-state index in [0.29, 0.717) is 0 Å². The largest absolute Gasteiger partial charge is 0.361 e. The van der Waals surface area contributed by atoms with Crippen LogP contribution >= 0.6 is 15.9 Å². The van der Waals surface area contributed by atoms with Gasteiger partial charge in [-0.1, -0.05) is 28.8 Å². The van der Waals surface area contributed by atoms with Gasteiger partial charge in [-0.15, -0.1) is 0 Å². The molecular formula is C15H18BrN3. The molecule has 1 aliphatic heterocycles. The molecule has 0 radical (unpaired) electrons. The number of H-pyrrole nitrogens is 1. The van der Waals surface area contributed by atoms with Gasteiger partial charge in [0.05, 0.1) is 6.21 Å². The van der Waals surface area contributed by atoms with Crippen LogP contribution in [0.15, 0.2) is 34.0 Å². The Kier molecular flexibility index (Phi) is 3.87. The van der Waals surface area contributed by atoms with E-state index in [9.17, 15) is 0 Å². The van der Waals surface area contributed by atoms with E-state index in [1.807, 2.05) is 12.4 Å². The van der Waals surface area contributed by atoms with Gasteiger partial charge in [0, 0.05) is 40.2 Å². The van der Waals surface area contributed by atoms with Crippen LogP contribution in [0, 0.1) is 0 Å². The number of benzene rings is 1. The minimum Gasteiger partial charge on any atom is -0.361 e. The molecule has 1 aromatic heterocycles. The highest BCUT2D eigenvalue weighted by molar-refractivity contribution is 9.10. The summed E-state index contributed by atoms with van der Waals surface area (Å²) < 4.78 is 1.10. The van der Waals surface area contributed by atoms with Gasteiger partial charge in [-0.05, 0) is 31.0 Å². The molecule has 0 bridgehead atoms. The van der Waals surface area contributed by atoms with Crippen LogP contribution in [0.3, 0.4) is 0 Å². The van der Waals surface area contributed by atoms with Crippen LogP contribution in [0.2, 0.25) is 0 Å². The maximum atomic E-state index is 4.64. The topological polar surface area (TPSA) is 31.4 Å². The molecule has 1 aromatic carbocycles. The van der Waals surface area contributed by atoms with E-state index in [-0.39, 0.29) is 0 Å². The summed E-state index contributed by atoms with van der Waals surface area (Å²) in [6, 6.07) is 6.27. The van der Waals surface area contributed by atoms with Crippen molar-refractivity contribution in [3.63, 3.8) is 0 Å². The Morgan fingerprint density at radius 1 is 1.16 bits per heavy atom. The van der Waals surface area contributed by atoms with Gasteiger partial charge in [0.25, 0.3) is 0 Å². The molecule has 1 saturated heterocycles. The fourth-order valence-corrected chi connectivity index (χ4v) is 2.90. The molecule has 0 aliphatic carbocycles. The van der Waals surface area contributed by atoms with Gasteiger partial charge in [0.2, 0.25) is 0 Å². The summed E-state index contributed by atoms with van der Waals surface area (Å²) in [5.41, 5.74) is 2.31. The Labute approximate surface area is 121 Å². The molecule has 0 spiro atoms. The van der Waals surface area contributed by atoms with Crippen LogP contribution in [-0.4, -0.2) is 29.3 Å². The van der Waals surface area contributed by atoms with E-state index < -0.39 is 0 Å². The molecule has 1 fully saturated rings. The van der Waals surface area contributed by atoms with E-state index in [1.165, 1.54) is 31.1 Å². The number of hydrogen-bond donors (Lipinski definition) is 1. The SMILES string of the molecule is Brc1ccc2[nH]cc(/C=N/N3CCCCCC3)c2c1. The van der Waals surface area contributed by atoms with Crippen molar-refractivity contribution in [3.8, 4) is 0 Å². The van der Waals surface area contributed by atoms with Gasteiger partial charge in [-0.2, -0.15) is 5.10 Å². The number of hydrogen-bond acceptors (Lipinski definition) is 2. The second-order valence-corrected chi connectivity index (χ2v) is 5.96. The van der Waals surface area contributed by atoms with E-state index >= 15 is 0 Å². The maximum absolute atomic E-state index is 4.64. The minimum absolute atomic E-state index is 1.09. The summed E-state index contributed by atoms with van der Waals surface area (Å²) >= 11 is 3.52. The predicted octanol–water partition coefficient (Wildman–Crippen LogP) is 4.14. The van der Waals surface area contributed by atoms with Gasteiger partial charge in [0.1, 0.15) is 0 Å². The number of nitrogens with zero attached hydrogens (tertiary/aromatic N) is 2. The Bertz CT molecular complexity index is 580. The summed E-state index contributed by atoms with van der Waals surface area (Å²) in [6.07, 6.45) is 9.21.